The maximum absolute atomic E-state index is 11.9. The molecule has 13 nitrogen and oxygen atoms in total. The summed E-state index contributed by atoms with van der Waals surface area (Å²) in [5, 5.41) is 10.6. The number of nitrogen functional groups attached to an aromatic ring is 1. The fraction of sp³-hybridized carbons (Fsp3) is 0.308. The van der Waals surface area contributed by atoms with Gasteiger partial charge in [0.15, 0.2) is 10.8 Å². The van der Waals surface area contributed by atoms with E-state index < -0.39 is 31.4 Å². The van der Waals surface area contributed by atoms with Crippen LogP contribution < -0.4 is 5.73 Å². The van der Waals surface area contributed by atoms with Crippen LogP contribution in [0.1, 0.15) is 5.76 Å². The number of anilines is 1. The van der Waals surface area contributed by atoms with Gasteiger partial charge in [-0.15, -0.1) is 0 Å². The van der Waals surface area contributed by atoms with Crippen LogP contribution in [0.2, 0.25) is 5.15 Å². The van der Waals surface area contributed by atoms with Crippen molar-refractivity contribution in [2.75, 3.05) is 18.7 Å². The summed E-state index contributed by atoms with van der Waals surface area (Å²) < 4.78 is 28.4. The number of ether oxygens (including phenoxy) is 1. The Labute approximate surface area is 161 Å². The Balaban J connectivity index is 1.49. The van der Waals surface area contributed by atoms with Crippen LogP contribution in [0.3, 0.4) is 0 Å². The molecule has 3 N–H and O–H groups in total. The monoisotopic (exact) mass is 432 g/mol. The standard InChI is InChI=1S/C13H14ClN6O7P/c14-11-10-12(18-13(15)17-11)19(6-16-10)3-4-25-7-28(23,24)26-5-8-1-2-9(27-8)20(21)22/h1-2,6H,3-5,7H2,(H,23,24)(H2,15,17,18). The average Bonchev–Trinajstić information content (AvgIpc) is 3.24. The van der Waals surface area contributed by atoms with Crippen LogP contribution in [0.4, 0.5) is 11.8 Å². The average molecular weight is 433 g/mol. The van der Waals surface area contributed by atoms with E-state index in [1.165, 1.54) is 12.4 Å². The number of nitro groups is 1. The summed E-state index contributed by atoms with van der Waals surface area (Å²) in [5.41, 5.74) is 6.33. The molecule has 150 valence electrons. The summed E-state index contributed by atoms with van der Waals surface area (Å²) in [6.07, 6.45) is 0.882. The van der Waals surface area contributed by atoms with Crippen molar-refractivity contribution in [2.24, 2.45) is 0 Å². The van der Waals surface area contributed by atoms with Gasteiger partial charge in [0.05, 0.1) is 19.0 Å². The van der Waals surface area contributed by atoms with Gasteiger partial charge in [0, 0.05) is 6.54 Å². The lowest BCUT2D eigenvalue weighted by Crippen LogP contribution is -2.08. The molecular formula is C13H14ClN6O7P. The molecule has 0 aliphatic heterocycles. The van der Waals surface area contributed by atoms with Crippen molar-refractivity contribution in [3.05, 3.63) is 39.5 Å². The number of hydrogen-bond donors (Lipinski definition) is 2. The van der Waals surface area contributed by atoms with Gasteiger partial charge in [0.25, 0.3) is 0 Å². The molecule has 0 amide bonds. The highest BCUT2D eigenvalue weighted by Crippen LogP contribution is 2.42. The van der Waals surface area contributed by atoms with Crippen molar-refractivity contribution >= 4 is 42.2 Å². The third kappa shape index (κ3) is 4.82. The molecule has 0 spiro atoms. The van der Waals surface area contributed by atoms with Crippen LogP contribution in [0.25, 0.3) is 11.2 Å². The van der Waals surface area contributed by atoms with Crippen molar-refractivity contribution in [3.8, 4) is 0 Å². The lowest BCUT2D eigenvalue weighted by molar-refractivity contribution is -0.402. The Morgan fingerprint density at radius 2 is 2.21 bits per heavy atom. The third-order valence-corrected chi connectivity index (χ3v) is 4.71. The molecule has 1 unspecified atom stereocenters. The van der Waals surface area contributed by atoms with Crippen molar-refractivity contribution in [1.82, 2.24) is 19.5 Å². The lowest BCUT2D eigenvalue weighted by Gasteiger charge is -2.12. The first kappa shape index (κ1) is 20.2. The van der Waals surface area contributed by atoms with Gasteiger partial charge in [0.1, 0.15) is 29.2 Å². The zero-order valence-electron chi connectivity index (χ0n) is 14.1. The van der Waals surface area contributed by atoms with Gasteiger partial charge in [-0.2, -0.15) is 9.97 Å². The zero-order chi connectivity index (χ0) is 20.3. The molecule has 15 heteroatoms. The Morgan fingerprint density at radius 1 is 1.43 bits per heavy atom. The Hall–Kier alpha value is -2.57. The Morgan fingerprint density at radius 3 is 2.93 bits per heavy atom. The maximum atomic E-state index is 11.9. The number of imidazole rings is 1. The number of nitrogens with two attached hydrogens (primary N) is 1. The largest absolute Gasteiger partial charge is 0.433 e. The highest BCUT2D eigenvalue weighted by Gasteiger charge is 2.22. The summed E-state index contributed by atoms with van der Waals surface area (Å²) in [4.78, 5) is 31.5. The molecule has 3 rings (SSSR count). The highest BCUT2D eigenvalue weighted by atomic mass is 35.5. The maximum Gasteiger partial charge on any atom is 0.433 e. The minimum Gasteiger partial charge on any atom is -0.403 e. The molecule has 28 heavy (non-hydrogen) atoms. The van der Waals surface area contributed by atoms with Crippen LogP contribution >= 0.6 is 19.2 Å². The van der Waals surface area contributed by atoms with Gasteiger partial charge < -0.3 is 24.3 Å². The second kappa shape index (κ2) is 8.20. The molecule has 0 radical (unpaired) electrons. The number of hydrogen-bond acceptors (Lipinski definition) is 10. The second-order valence-electron chi connectivity index (χ2n) is 5.43. The molecule has 3 aromatic heterocycles. The van der Waals surface area contributed by atoms with Crippen LogP contribution in [-0.4, -0.2) is 42.3 Å². The highest BCUT2D eigenvalue weighted by molar-refractivity contribution is 7.52. The van der Waals surface area contributed by atoms with Gasteiger partial charge in [0.2, 0.25) is 5.95 Å². The van der Waals surface area contributed by atoms with Gasteiger partial charge in [-0.1, -0.05) is 11.6 Å². The minimum absolute atomic E-state index is 0.00779. The van der Waals surface area contributed by atoms with Gasteiger partial charge in [-0.3, -0.25) is 19.2 Å². The number of aromatic nitrogens is 4. The van der Waals surface area contributed by atoms with Gasteiger partial charge >= 0.3 is 13.5 Å². The van der Waals surface area contributed by atoms with Crippen molar-refractivity contribution in [2.45, 2.75) is 13.2 Å². The Kier molecular flexibility index (Phi) is 5.91. The molecule has 0 aromatic carbocycles. The normalized spacial score (nSPS) is 13.6. The zero-order valence-corrected chi connectivity index (χ0v) is 15.7. The summed E-state index contributed by atoms with van der Waals surface area (Å²) in [6.45, 7) is -0.105. The van der Waals surface area contributed by atoms with Crippen LogP contribution in [-0.2, 0) is 27.0 Å². The summed E-state index contributed by atoms with van der Waals surface area (Å²) in [6, 6.07) is 2.40. The lowest BCUT2D eigenvalue weighted by atomic mass is 10.5. The van der Waals surface area contributed by atoms with Crippen LogP contribution in [0, 0.1) is 10.1 Å². The van der Waals surface area contributed by atoms with E-state index in [1.807, 2.05) is 0 Å². The quantitative estimate of drug-likeness (QED) is 0.165. The van der Waals surface area contributed by atoms with E-state index >= 15 is 0 Å². The topological polar surface area (TPSA) is 182 Å². The molecule has 1 atom stereocenters. The van der Waals surface area contributed by atoms with Crippen LogP contribution in [0.5, 0.6) is 0 Å². The van der Waals surface area contributed by atoms with E-state index in [1.54, 1.807) is 4.57 Å². The van der Waals surface area contributed by atoms with Crippen LogP contribution in [0.15, 0.2) is 22.9 Å². The SMILES string of the molecule is Nc1nc(Cl)c2ncn(CCOCP(=O)(O)OCc3ccc([N+](=O)[O-])o3)c2n1. The molecule has 0 aliphatic rings. The van der Waals surface area contributed by atoms with E-state index in [4.69, 9.17) is 31.0 Å². The van der Waals surface area contributed by atoms with Crippen molar-refractivity contribution in [3.63, 3.8) is 0 Å². The van der Waals surface area contributed by atoms with E-state index in [2.05, 4.69) is 15.0 Å². The van der Waals surface area contributed by atoms with Gasteiger partial charge in [-0.05, 0) is 6.07 Å². The third-order valence-electron chi connectivity index (χ3n) is 3.41. The fourth-order valence-corrected chi connectivity index (χ4v) is 3.16. The molecular weight excluding hydrogens is 419 g/mol. The summed E-state index contributed by atoms with van der Waals surface area (Å²) in [7, 11) is -4.09. The first-order valence-electron chi connectivity index (χ1n) is 7.66. The van der Waals surface area contributed by atoms with E-state index in [9.17, 15) is 19.6 Å². The first-order valence-corrected chi connectivity index (χ1v) is 9.80. The number of nitrogens with zero attached hydrogens (tertiary/aromatic N) is 5. The molecule has 0 saturated heterocycles. The number of halogens is 1. The number of rotatable bonds is 9. The van der Waals surface area contributed by atoms with Crippen molar-refractivity contribution in [1.29, 1.82) is 0 Å². The molecule has 0 aliphatic carbocycles. The minimum atomic E-state index is -4.09. The van der Waals surface area contributed by atoms with E-state index in [0.717, 1.165) is 6.07 Å². The molecule has 0 bridgehead atoms. The predicted octanol–water partition coefficient (Wildman–Crippen LogP) is 1.94. The molecule has 3 aromatic rings. The smallest absolute Gasteiger partial charge is 0.403 e. The predicted molar refractivity (Wildman–Crippen MR) is 95.5 cm³/mol. The van der Waals surface area contributed by atoms with Crippen molar-refractivity contribution < 1.29 is 28.1 Å². The number of furan rings is 1. The van der Waals surface area contributed by atoms with E-state index in [0.29, 0.717) is 11.2 Å². The summed E-state index contributed by atoms with van der Waals surface area (Å²) in [5.74, 6) is -0.452. The van der Waals surface area contributed by atoms with Gasteiger partial charge in [-0.25, -0.2) is 4.98 Å². The fourth-order valence-electron chi connectivity index (χ4n) is 2.18. The summed E-state index contributed by atoms with van der Waals surface area (Å²) >= 11 is 5.93. The van der Waals surface area contributed by atoms with E-state index in [-0.39, 0.29) is 30.0 Å². The Bertz CT molecular complexity index is 1050. The molecule has 3 heterocycles. The molecule has 0 fully saturated rings. The second-order valence-corrected chi connectivity index (χ2v) is 7.58. The first-order chi connectivity index (χ1) is 13.2. The number of fused-ring (bicyclic) bond motifs is 1. The molecule has 0 saturated carbocycles.